The number of benzene rings is 1. The summed E-state index contributed by atoms with van der Waals surface area (Å²) in [4.78, 5) is 23.4. The fourth-order valence-corrected chi connectivity index (χ4v) is 4.19. The van der Waals surface area contributed by atoms with Crippen LogP contribution in [0.25, 0.3) is 0 Å². The summed E-state index contributed by atoms with van der Waals surface area (Å²) in [6.07, 6.45) is 21.9. The summed E-state index contributed by atoms with van der Waals surface area (Å²) < 4.78 is 10.6. The van der Waals surface area contributed by atoms with E-state index in [1.54, 1.807) is 0 Å². The second-order valence-electron chi connectivity index (χ2n) is 10.7. The zero-order valence-electron chi connectivity index (χ0n) is 25.5. The van der Waals surface area contributed by atoms with E-state index < -0.39 is 0 Å². The lowest BCUT2D eigenvalue weighted by atomic mass is 10.1. The van der Waals surface area contributed by atoms with E-state index in [1.165, 1.54) is 75.3 Å². The van der Waals surface area contributed by atoms with Crippen LogP contribution in [-0.4, -0.2) is 25.2 Å². The topological polar surface area (TPSA) is 52.6 Å². The van der Waals surface area contributed by atoms with Crippen LogP contribution in [0.2, 0.25) is 0 Å². The first-order chi connectivity index (χ1) is 18.5. The van der Waals surface area contributed by atoms with Crippen LogP contribution in [0.4, 0.5) is 0 Å². The first-order valence-corrected chi connectivity index (χ1v) is 15.8. The molecular weight excluding hydrogens is 472 g/mol. The molecule has 0 unspecified atom stereocenters. The molecule has 38 heavy (non-hydrogen) atoms. The Morgan fingerprint density at radius 3 is 1.16 bits per heavy atom. The number of ether oxygens (including phenoxy) is 2. The highest BCUT2D eigenvalue weighted by Crippen LogP contribution is 2.11. The van der Waals surface area contributed by atoms with Gasteiger partial charge in [-0.05, 0) is 50.7 Å². The van der Waals surface area contributed by atoms with Crippen molar-refractivity contribution in [3.05, 3.63) is 35.4 Å². The number of aryl methyl sites for hydroxylation is 2. The molecule has 0 aliphatic rings. The van der Waals surface area contributed by atoms with Crippen molar-refractivity contribution in [1.29, 1.82) is 0 Å². The van der Waals surface area contributed by atoms with Crippen LogP contribution in [0.3, 0.4) is 0 Å². The van der Waals surface area contributed by atoms with E-state index in [4.69, 9.17) is 9.47 Å². The molecule has 0 aromatic heterocycles. The average molecular weight is 533 g/mol. The first-order valence-electron chi connectivity index (χ1n) is 15.8. The fraction of sp³-hybridized carbons (Fsp3) is 0.765. The number of hydrogen-bond donors (Lipinski definition) is 0. The van der Waals surface area contributed by atoms with Crippen molar-refractivity contribution in [1.82, 2.24) is 0 Å². The molecular formula is C34H60O4. The minimum absolute atomic E-state index is 0.0448. The van der Waals surface area contributed by atoms with Crippen LogP contribution in [0.5, 0.6) is 0 Å². The van der Waals surface area contributed by atoms with E-state index in [2.05, 4.69) is 52.0 Å². The van der Waals surface area contributed by atoms with Crippen LogP contribution in [-0.2, 0) is 19.1 Å². The number of esters is 2. The summed E-state index contributed by atoms with van der Waals surface area (Å²) in [6, 6.07) is 8.36. The van der Waals surface area contributed by atoms with E-state index in [-0.39, 0.29) is 11.9 Å². The van der Waals surface area contributed by atoms with Gasteiger partial charge in [-0.1, -0.05) is 128 Å². The number of rotatable bonds is 23. The van der Waals surface area contributed by atoms with Gasteiger partial charge in [0.25, 0.3) is 0 Å². The van der Waals surface area contributed by atoms with Gasteiger partial charge in [0, 0.05) is 12.8 Å². The van der Waals surface area contributed by atoms with Gasteiger partial charge in [0.05, 0.1) is 13.2 Å². The molecule has 0 bridgehead atoms. The van der Waals surface area contributed by atoms with Crippen molar-refractivity contribution in [2.75, 3.05) is 13.2 Å². The Kier molecular flexibility index (Phi) is 26.8. The maximum absolute atomic E-state index is 11.7. The third-order valence-corrected chi connectivity index (χ3v) is 6.96. The van der Waals surface area contributed by atoms with Crippen LogP contribution < -0.4 is 0 Å². The van der Waals surface area contributed by atoms with Crippen molar-refractivity contribution >= 4 is 11.9 Å². The zero-order chi connectivity index (χ0) is 28.1. The zero-order valence-corrected chi connectivity index (χ0v) is 25.5. The number of hydrogen-bond acceptors (Lipinski definition) is 4. The predicted octanol–water partition coefficient (Wildman–Crippen LogP) is 10.2. The molecule has 0 aliphatic carbocycles. The lowest BCUT2D eigenvalue weighted by Crippen LogP contribution is -2.06. The van der Waals surface area contributed by atoms with E-state index in [0.717, 1.165) is 51.4 Å². The van der Waals surface area contributed by atoms with E-state index in [0.29, 0.717) is 26.1 Å². The Morgan fingerprint density at radius 1 is 0.500 bits per heavy atom. The molecule has 0 heterocycles. The van der Waals surface area contributed by atoms with Crippen molar-refractivity contribution in [2.45, 2.75) is 156 Å². The molecule has 220 valence electrons. The average Bonchev–Trinajstić information content (AvgIpc) is 2.91. The smallest absolute Gasteiger partial charge is 0.305 e. The molecule has 0 amide bonds. The summed E-state index contributed by atoms with van der Waals surface area (Å²) in [5.41, 5.74) is 2.74. The fourth-order valence-electron chi connectivity index (χ4n) is 4.19. The first kappa shape index (κ1) is 36.2. The minimum Gasteiger partial charge on any atom is -0.466 e. The van der Waals surface area contributed by atoms with Gasteiger partial charge in [-0.2, -0.15) is 0 Å². The molecule has 1 rings (SSSR count). The molecule has 0 aliphatic heterocycles. The molecule has 0 saturated heterocycles. The van der Waals surface area contributed by atoms with Gasteiger partial charge in [-0.15, -0.1) is 0 Å². The second-order valence-corrected chi connectivity index (χ2v) is 10.7. The third-order valence-electron chi connectivity index (χ3n) is 6.96. The van der Waals surface area contributed by atoms with E-state index in [1.807, 2.05) is 0 Å². The van der Waals surface area contributed by atoms with Gasteiger partial charge < -0.3 is 9.47 Å². The molecule has 0 atom stereocenters. The maximum atomic E-state index is 11.7. The largest absolute Gasteiger partial charge is 0.466 e. The summed E-state index contributed by atoms with van der Waals surface area (Å²) >= 11 is 0. The van der Waals surface area contributed by atoms with E-state index in [9.17, 15) is 9.59 Å². The summed E-state index contributed by atoms with van der Waals surface area (Å²) in [7, 11) is 0. The maximum Gasteiger partial charge on any atom is 0.305 e. The van der Waals surface area contributed by atoms with Crippen molar-refractivity contribution < 1.29 is 19.1 Å². The molecule has 4 nitrogen and oxygen atoms in total. The predicted molar refractivity (Wildman–Crippen MR) is 162 cm³/mol. The van der Waals surface area contributed by atoms with Gasteiger partial charge in [0.2, 0.25) is 0 Å². The number of unbranched alkanes of at least 4 members (excludes halogenated alkanes) is 15. The molecule has 0 radical (unpaired) electrons. The summed E-state index contributed by atoms with van der Waals surface area (Å²) in [5.74, 6) is -0.0895. The normalized spacial score (nSPS) is 10.5. The Balaban J connectivity index is 0.00000144. The SMILES string of the molecule is CCCCCCCCOC(=O)CCCCCCCCC(=O)OCCCCCCCC.Cc1ccccc1C. The van der Waals surface area contributed by atoms with Crippen molar-refractivity contribution in [2.24, 2.45) is 0 Å². The highest BCUT2D eigenvalue weighted by atomic mass is 16.5. The summed E-state index contributed by atoms with van der Waals surface area (Å²) in [5, 5.41) is 0. The van der Waals surface area contributed by atoms with Crippen LogP contribution in [0.15, 0.2) is 24.3 Å². The van der Waals surface area contributed by atoms with Crippen molar-refractivity contribution in [3.63, 3.8) is 0 Å². The van der Waals surface area contributed by atoms with Gasteiger partial charge in [-0.3, -0.25) is 9.59 Å². The number of carbonyl (C=O) groups is 2. The van der Waals surface area contributed by atoms with Crippen LogP contribution in [0, 0.1) is 13.8 Å². The monoisotopic (exact) mass is 532 g/mol. The molecule has 0 N–H and O–H groups in total. The molecule has 0 saturated carbocycles. The molecule has 1 aromatic rings. The molecule has 0 fully saturated rings. The second kappa shape index (κ2) is 28.2. The lowest BCUT2D eigenvalue weighted by Gasteiger charge is -2.06. The van der Waals surface area contributed by atoms with E-state index >= 15 is 0 Å². The van der Waals surface area contributed by atoms with Crippen LogP contribution >= 0.6 is 0 Å². The van der Waals surface area contributed by atoms with Crippen LogP contribution in [0.1, 0.15) is 153 Å². The Hall–Kier alpha value is -1.84. The standard InChI is InChI=1S/C26H50O4.C8H10/c1-3-5-7-9-15-19-23-29-25(27)21-17-13-11-12-14-18-22-26(28)30-24-20-16-10-8-6-4-2;1-7-5-3-4-6-8(7)2/h3-24H2,1-2H3;3-6H,1-2H3. The number of carbonyl (C=O) groups excluding carboxylic acids is 2. The van der Waals surface area contributed by atoms with Gasteiger partial charge in [0.15, 0.2) is 0 Å². The molecule has 1 aromatic carbocycles. The Bertz CT molecular complexity index is 613. The highest BCUT2D eigenvalue weighted by Gasteiger charge is 2.04. The minimum atomic E-state index is -0.0448. The quantitative estimate of drug-likeness (QED) is 0.104. The van der Waals surface area contributed by atoms with Crippen molar-refractivity contribution in [3.8, 4) is 0 Å². The Morgan fingerprint density at radius 2 is 0.816 bits per heavy atom. The summed E-state index contributed by atoms with van der Waals surface area (Å²) in [6.45, 7) is 9.84. The molecule has 4 heteroatoms. The lowest BCUT2D eigenvalue weighted by molar-refractivity contribution is -0.144. The van der Waals surface area contributed by atoms with Gasteiger partial charge in [0.1, 0.15) is 0 Å². The molecule has 0 spiro atoms. The Labute approximate surface area is 235 Å². The highest BCUT2D eigenvalue weighted by molar-refractivity contribution is 5.69. The third kappa shape index (κ3) is 25.8. The van der Waals surface area contributed by atoms with Gasteiger partial charge in [-0.25, -0.2) is 0 Å². The van der Waals surface area contributed by atoms with Gasteiger partial charge >= 0.3 is 11.9 Å².